The van der Waals surface area contributed by atoms with Crippen molar-refractivity contribution in [3.05, 3.63) is 46.8 Å². The number of hydrogen-bond donors (Lipinski definition) is 2. The predicted molar refractivity (Wildman–Crippen MR) is 103 cm³/mol. The number of benzene rings is 1. The molecular formula is C19H24N6O2. The standard InChI is InChI=1S/C19H24N6O2/c1-12-15(13(2)25-19(22-12)23-18(20)24-25)8-9-17(26)21-11-10-14-6-4-5-7-16(14)27-3/h4-7H,8-11H2,1-3H3,(H2,20,24)(H,21,26). The van der Waals surface area contributed by atoms with Crippen molar-refractivity contribution in [2.45, 2.75) is 33.1 Å². The number of para-hydroxylation sites is 1. The van der Waals surface area contributed by atoms with Crippen molar-refractivity contribution in [3.63, 3.8) is 0 Å². The molecule has 2 aromatic heterocycles. The van der Waals surface area contributed by atoms with E-state index >= 15 is 0 Å². The second-order valence-electron chi connectivity index (χ2n) is 6.35. The summed E-state index contributed by atoms with van der Waals surface area (Å²) in [6.45, 7) is 4.41. The summed E-state index contributed by atoms with van der Waals surface area (Å²) in [7, 11) is 1.65. The third-order valence-electron chi connectivity index (χ3n) is 4.58. The van der Waals surface area contributed by atoms with Crippen molar-refractivity contribution in [2.75, 3.05) is 19.4 Å². The highest BCUT2D eigenvalue weighted by Crippen LogP contribution is 2.18. The Bertz CT molecular complexity index is 966. The highest BCUT2D eigenvalue weighted by molar-refractivity contribution is 5.76. The van der Waals surface area contributed by atoms with Gasteiger partial charge in [0, 0.05) is 24.4 Å². The molecule has 1 aromatic carbocycles. The maximum Gasteiger partial charge on any atom is 0.254 e. The number of fused-ring (bicyclic) bond motifs is 1. The number of anilines is 1. The van der Waals surface area contributed by atoms with Gasteiger partial charge in [-0.3, -0.25) is 4.79 Å². The fourth-order valence-electron chi connectivity index (χ4n) is 3.16. The minimum atomic E-state index is 0.00176. The number of amides is 1. The normalized spacial score (nSPS) is 10.9. The lowest BCUT2D eigenvalue weighted by molar-refractivity contribution is -0.121. The summed E-state index contributed by atoms with van der Waals surface area (Å²) in [4.78, 5) is 20.7. The third kappa shape index (κ3) is 4.16. The Morgan fingerprint density at radius 1 is 1.22 bits per heavy atom. The second kappa shape index (κ2) is 8.03. The average Bonchev–Trinajstić information content (AvgIpc) is 3.02. The third-order valence-corrected chi connectivity index (χ3v) is 4.58. The van der Waals surface area contributed by atoms with Gasteiger partial charge >= 0.3 is 0 Å². The molecule has 0 atom stereocenters. The van der Waals surface area contributed by atoms with Crippen LogP contribution in [0.2, 0.25) is 0 Å². The molecule has 0 bridgehead atoms. The first kappa shape index (κ1) is 18.6. The number of hydrogen-bond acceptors (Lipinski definition) is 6. The molecule has 3 rings (SSSR count). The average molecular weight is 368 g/mol. The quantitative estimate of drug-likeness (QED) is 0.656. The summed E-state index contributed by atoms with van der Waals surface area (Å²) in [5, 5.41) is 7.11. The smallest absolute Gasteiger partial charge is 0.254 e. The maximum absolute atomic E-state index is 12.2. The molecular weight excluding hydrogens is 344 g/mol. The minimum Gasteiger partial charge on any atom is -0.496 e. The van der Waals surface area contributed by atoms with Crippen LogP contribution >= 0.6 is 0 Å². The molecule has 3 aromatic rings. The number of carbonyl (C=O) groups excluding carboxylic acids is 1. The number of aromatic nitrogens is 4. The van der Waals surface area contributed by atoms with Crippen molar-refractivity contribution < 1.29 is 9.53 Å². The first-order valence-electron chi connectivity index (χ1n) is 8.86. The summed E-state index contributed by atoms with van der Waals surface area (Å²) in [5.41, 5.74) is 9.46. The zero-order valence-corrected chi connectivity index (χ0v) is 15.8. The van der Waals surface area contributed by atoms with Crippen LogP contribution in [0.1, 0.15) is 28.9 Å². The number of ether oxygens (including phenoxy) is 1. The number of nitrogens with two attached hydrogens (primary N) is 1. The van der Waals surface area contributed by atoms with Crippen LogP contribution in [0.3, 0.4) is 0 Å². The lowest BCUT2D eigenvalue weighted by atomic mass is 10.1. The van der Waals surface area contributed by atoms with Crippen molar-refractivity contribution in [1.82, 2.24) is 24.9 Å². The molecule has 0 saturated carbocycles. The number of rotatable bonds is 7. The number of methoxy groups -OCH3 is 1. The van der Waals surface area contributed by atoms with E-state index in [0.29, 0.717) is 25.2 Å². The van der Waals surface area contributed by atoms with E-state index in [-0.39, 0.29) is 11.9 Å². The second-order valence-corrected chi connectivity index (χ2v) is 6.35. The van der Waals surface area contributed by atoms with Crippen LogP contribution in [-0.2, 0) is 17.6 Å². The van der Waals surface area contributed by atoms with E-state index in [1.165, 1.54) is 0 Å². The summed E-state index contributed by atoms with van der Waals surface area (Å²) in [5.74, 6) is 1.51. The lowest BCUT2D eigenvalue weighted by Gasteiger charge is -2.11. The van der Waals surface area contributed by atoms with Gasteiger partial charge in [0.15, 0.2) is 0 Å². The Morgan fingerprint density at radius 3 is 2.78 bits per heavy atom. The van der Waals surface area contributed by atoms with E-state index < -0.39 is 0 Å². The first-order valence-corrected chi connectivity index (χ1v) is 8.86. The van der Waals surface area contributed by atoms with Gasteiger partial charge in [0.25, 0.3) is 5.78 Å². The summed E-state index contributed by atoms with van der Waals surface area (Å²) >= 11 is 0. The van der Waals surface area contributed by atoms with Crippen LogP contribution in [0.15, 0.2) is 24.3 Å². The van der Waals surface area contributed by atoms with Crippen LogP contribution in [0.25, 0.3) is 5.78 Å². The molecule has 0 spiro atoms. The molecule has 0 aliphatic carbocycles. The largest absolute Gasteiger partial charge is 0.496 e. The number of nitrogen functional groups attached to an aromatic ring is 1. The highest BCUT2D eigenvalue weighted by atomic mass is 16.5. The molecule has 1 amide bonds. The molecule has 0 fully saturated rings. The Balaban J connectivity index is 1.57. The van der Waals surface area contributed by atoms with Crippen LogP contribution in [0.4, 0.5) is 5.95 Å². The Morgan fingerprint density at radius 2 is 2.00 bits per heavy atom. The highest BCUT2D eigenvalue weighted by Gasteiger charge is 2.14. The monoisotopic (exact) mass is 368 g/mol. The zero-order valence-electron chi connectivity index (χ0n) is 15.8. The maximum atomic E-state index is 12.2. The molecule has 8 heteroatoms. The zero-order chi connectivity index (χ0) is 19.4. The van der Waals surface area contributed by atoms with Gasteiger partial charge in [-0.2, -0.15) is 9.50 Å². The van der Waals surface area contributed by atoms with Crippen molar-refractivity contribution in [1.29, 1.82) is 0 Å². The Labute approximate surface area is 157 Å². The molecule has 0 radical (unpaired) electrons. The van der Waals surface area contributed by atoms with Crippen molar-refractivity contribution in [3.8, 4) is 5.75 Å². The summed E-state index contributed by atoms with van der Waals surface area (Å²) in [6.07, 6.45) is 1.69. The van der Waals surface area contributed by atoms with E-state index in [0.717, 1.165) is 34.7 Å². The van der Waals surface area contributed by atoms with Gasteiger partial charge in [-0.15, -0.1) is 5.10 Å². The molecule has 0 aliphatic heterocycles. The summed E-state index contributed by atoms with van der Waals surface area (Å²) < 4.78 is 6.95. The lowest BCUT2D eigenvalue weighted by Crippen LogP contribution is -2.26. The molecule has 3 N–H and O–H groups in total. The SMILES string of the molecule is COc1ccccc1CCNC(=O)CCc1c(C)nc2nc(N)nn2c1C. The number of aryl methyl sites for hydroxylation is 2. The summed E-state index contributed by atoms with van der Waals surface area (Å²) in [6, 6.07) is 7.82. The predicted octanol–water partition coefficient (Wildman–Crippen LogP) is 1.62. The van der Waals surface area contributed by atoms with E-state index in [4.69, 9.17) is 10.5 Å². The van der Waals surface area contributed by atoms with Gasteiger partial charge in [-0.25, -0.2) is 4.98 Å². The topological polar surface area (TPSA) is 107 Å². The Kier molecular flexibility index (Phi) is 5.54. The van der Waals surface area contributed by atoms with E-state index in [1.807, 2.05) is 38.1 Å². The fourth-order valence-corrected chi connectivity index (χ4v) is 3.16. The van der Waals surface area contributed by atoms with Crippen LogP contribution < -0.4 is 15.8 Å². The number of nitrogens with one attached hydrogen (secondary N) is 1. The van der Waals surface area contributed by atoms with Gasteiger partial charge in [-0.05, 0) is 43.9 Å². The van der Waals surface area contributed by atoms with Gasteiger partial charge in [0.2, 0.25) is 11.9 Å². The van der Waals surface area contributed by atoms with Gasteiger partial charge in [0.1, 0.15) is 5.75 Å². The molecule has 27 heavy (non-hydrogen) atoms. The van der Waals surface area contributed by atoms with E-state index in [2.05, 4.69) is 20.4 Å². The van der Waals surface area contributed by atoms with Crippen molar-refractivity contribution in [2.24, 2.45) is 0 Å². The van der Waals surface area contributed by atoms with Crippen LogP contribution in [0, 0.1) is 13.8 Å². The molecule has 0 saturated heterocycles. The molecule has 0 aliphatic rings. The van der Waals surface area contributed by atoms with Gasteiger partial charge in [-0.1, -0.05) is 18.2 Å². The number of nitrogens with zero attached hydrogens (tertiary/aromatic N) is 4. The van der Waals surface area contributed by atoms with E-state index in [9.17, 15) is 4.79 Å². The molecule has 0 unspecified atom stereocenters. The first-order chi connectivity index (χ1) is 13.0. The minimum absolute atomic E-state index is 0.00176. The Hall–Kier alpha value is -3.16. The molecule has 142 valence electrons. The van der Waals surface area contributed by atoms with Crippen LogP contribution in [-0.4, -0.2) is 39.1 Å². The fraction of sp³-hybridized carbons (Fsp3) is 0.368. The number of carbonyl (C=O) groups is 1. The molecule has 8 nitrogen and oxygen atoms in total. The van der Waals surface area contributed by atoms with Gasteiger partial charge < -0.3 is 15.8 Å². The van der Waals surface area contributed by atoms with E-state index in [1.54, 1.807) is 11.6 Å². The van der Waals surface area contributed by atoms with Crippen LogP contribution in [0.5, 0.6) is 5.75 Å². The van der Waals surface area contributed by atoms with Crippen molar-refractivity contribution >= 4 is 17.6 Å². The van der Waals surface area contributed by atoms with Gasteiger partial charge in [0.05, 0.1) is 7.11 Å². The molecule has 2 heterocycles.